The van der Waals surface area contributed by atoms with Crippen LogP contribution in [0.15, 0.2) is 36.5 Å². The van der Waals surface area contributed by atoms with E-state index in [2.05, 4.69) is 55.6 Å². The highest BCUT2D eigenvalue weighted by Gasteiger charge is 2.44. The molecule has 70 heavy (non-hydrogen) atoms. The summed E-state index contributed by atoms with van der Waals surface area (Å²) < 4.78 is 11.1. The van der Waals surface area contributed by atoms with Crippen molar-refractivity contribution in [3.63, 3.8) is 0 Å². The lowest BCUT2D eigenvalue weighted by Gasteiger charge is -2.40. The lowest BCUT2D eigenvalue weighted by atomic mass is 9.98. The number of aliphatic hydroxyl groups excluding tert-OH is 7. The molecule has 1 rings (SSSR count). The summed E-state index contributed by atoms with van der Waals surface area (Å²) in [6, 6.07) is -1.19. The zero-order chi connectivity index (χ0) is 51.1. The van der Waals surface area contributed by atoms with Crippen molar-refractivity contribution in [2.24, 2.45) is 0 Å². The van der Waals surface area contributed by atoms with Crippen molar-refractivity contribution in [1.82, 2.24) is 5.32 Å². The van der Waals surface area contributed by atoms with Crippen LogP contribution in [-0.2, 0) is 14.3 Å². The number of rotatable bonds is 50. The van der Waals surface area contributed by atoms with Crippen molar-refractivity contribution in [1.29, 1.82) is 0 Å². The Morgan fingerprint density at radius 3 is 1.27 bits per heavy atom. The van der Waals surface area contributed by atoms with E-state index in [-0.39, 0.29) is 12.8 Å². The standard InChI is InChI=1S/C59H111NO10/c1-3-5-7-9-11-13-15-17-19-21-23-25-26-27-29-31-33-35-37-39-41-43-45-47-52(63)58(68)60-50(49-69-59-57(67)56(66)55(65)53(48-61)70-59)54(64)51(62)46-44-42-40-38-36-34-32-30-28-24-22-20-18-16-14-12-10-8-6-4-2/h27,29-30,32,38,40,50-57,59,61-67H,3-26,28,31,33-37,39,41-49H2,1-2H3,(H,60,68)/b29-27-,32-30+,40-38+. The van der Waals surface area contributed by atoms with Gasteiger partial charge in [0.2, 0.25) is 5.91 Å². The minimum Gasteiger partial charge on any atom is -0.394 e. The SMILES string of the molecule is CCCCCCCCCCCCC/C=C/CC/C=C/CCCC(O)C(O)C(COC1OC(CO)C(O)C(O)C1O)NC(=O)C(O)CCCCCCCCC/C=C\CCCCCCCCCCCCCC. The van der Waals surface area contributed by atoms with Gasteiger partial charge in [-0.3, -0.25) is 4.79 Å². The second-order valence-electron chi connectivity index (χ2n) is 20.7. The molecular weight excluding hydrogens is 883 g/mol. The van der Waals surface area contributed by atoms with E-state index < -0.39 is 74.2 Å². The van der Waals surface area contributed by atoms with Crippen LogP contribution < -0.4 is 5.32 Å². The molecular formula is C59H111NO10. The van der Waals surface area contributed by atoms with Gasteiger partial charge in [-0.05, 0) is 77.0 Å². The molecule has 1 heterocycles. The zero-order valence-corrected chi connectivity index (χ0v) is 45.0. The molecule has 9 atom stereocenters. The number of aliphatic hydroxyl groups is 7. The predicted molar refractivity (Wildman–Crippen MR) is 289 cm³/mol. The Bertz CT molecular complexity index is 1230. The zero-order valence-electron chi connectivity index (χ0n) is 45.0. The maximum atomic E-state index is 13.2. The molecule has 0 aromatic rings. The van der Waals surface area contributed by atoms with E-state index in [0.717, 1.165) is 44.9 Å². The highest BCUT2D eigenvalue weighted by Crippen LogP contribution is 2.23. The molecule has 1 amide bonds. The lowest BCUT2D eigenvalue weighted by Crippen LogP contribution is -2.60. The Hall–Kier alpha value is -1.67. The molecule has 0 saturated carbocycles. The first-order valence-corrected chi connectivity index (χ1v) is 29.4. The summed E-state index contributed by atoms with van der Waals surface area (Å²) in [7, 11) is 0. The molecule has 0 spiro atoms. The smallest absolute Gasteiger partial charge is 0.249 e. The van der Waals surface area contributed by atoms with Gasteiger partial charge in [0.25, 0.3) is 0 Å². The molecule has 1 fully saturated rings. The van der Waals surface area contributed by atoms with E-state index in [0.29, 0.717) is 19.3 Å². The van der Waals surface area contributed by atoms with Crippen molar-refractivity contribution >= 4 is 5.91 Å². The van der Waals surface area contributed by atoms with Gasteiger partial charge < -0.3 is 50.5 Å². The van der Waals surface area contributed by atoms with Gasteiger partial charge in [-0.1, -0.05) is 224 Å². The van der Waals surface area contributed by atoms with Crippen LogP contribution in [0.25, 0.3) is 0 Å². The first kappa shape index (κ1) is 66.3. The molecule has 1 saturated heterocycles. The van der Waals surface area contributed by atoms with Crippen molar-refractivity contribution in [2.75, 3.05) is 13.2 Å². The number of hydrogen-bond acceptors (Lipinski definition) is 10. The number of carbonyl (C=O) groups is 1. The van der Waals surface area contributed by atoms with E-state index in [1.807, 2.05) is 0 Å². The summed E-state index contributed by atoms with van der Waals surface area (Å²) in [5, 5.41) is 76.1. The molecule has 0 radical (unpaired) electrons. The average Bonchev–Trinajstić information content (AvgIpc) is 3.36. The monoisotopic (exact) mass is 994 g/mol. The van der Waals surface area contributed by atoms with Crippen LogP contribution >= 0.6 is 0 Å². The number of hydrogen-bond donors (Lipinski definition) is 8. The largest absolute Gasteiger partial charge is 0.394 e. The summed E-state index contributed by atoms with van der Waals surface area (Å²) >= 11 is 0. The average molecular weight is 995 g/mol. The quantitative estimate of drug-likeness (QED) is 0.0215. The Balaban J connectivity index is 2.34. The molecule has 1 aliphatic rings. The van der Waals surface area contributed by atoms with Gasteiger partial charge in [0.1, 0.15) is 36.6 Å². The molecule has 11 heteroatoms. The van der Waals surface area contributed by atoms with E-state index >= 15 is 0 Å². The minimum atomic E-state index is -1.67. The number of unbranched alkanes of at least 4 members (excludes halogenated alkanes) is 32. The van der Waals surface area contributed by atoms with Crippen molar-refractivity contribution in [3.8, 4) is 0 Å². The van der Waals surface area contributed by atoms with Crippen molar-refractivity contribution in [2.45, 2.75) is 319 Å². The lowest BCUT2D eigenvalue weighted by molar-refractivity contribution is -0.303. The highest BCUT2D eigenvalue weighted by molar-refractivity contribution is 5.80. The van der Waals surface area contributed by atoms with Gasteiger partial charge in [-0.15, -0.1) is 0 Å². The first-order chi connectivity index (χ1) is 34.2. The molecule has 1 aliphatic heterocycles. The maximum absolute atomic E-state index is 13.2. The molecule has 11 nitrogen and oxygen atoms in total. The van der Waals surface area contributed by atoms with E-state index in [4.69, 9.17) is 9.47 Å². The fourth-order valence-electron chi connectivity index (χ4n) is 9.34. The fraction of sp³-hybridized carbons (Fsp3) is 0.881. The Morgan fingerprint density at radius 1 is 0.486 bits per heavy atom. The van der Waals surface area contributed by atoms with Crippen molar-refractivity contribution < 1.29 is 50.0 Å². The van der Waals surface area contributed by atoms with Crippen LogP contribution in [0.5, 0.6) is 0 Å². The summed E-state index contributed by atoms with van der Waals surface area (Å²) in [6.07, 6.45) is 47.7. The highest BCUT2D eigenvalue weighted by atomic mass is 16.7. The predicted octanol–water partition coefficient (Wildman–Crippen LogP) is 12.3. The van der Waals surface area contributed by atoms with E-state index in [9.17, 15) is 40.5 Å². The second-order valence-corrected chi connectivity index (χ2v) is 20.7. The Labute approximate surface area is 428 Å². The minimum absolute atomic E-state index is 0.246. The number of ether oxygens (including phenoxy) is 2. The maximum Gasteiger partial charge on any atom is 0.249 e. The fourth-order valence-corrected chi connectivity index (χ4v) is 9.34. The van der Waals surface area contributed by atoms with Gasteiger partial charge in [-0.25, -0.2) is 0 Å². The number of carbonyl (C=O) groups excluding carboxylic acids is 1. The second kappa shape index (κ2) is 48.3. The Kier molecular flexibility index (Phi) is 45.8. The van der Waals surface area contributed by atoms with Crippen LogP contribution in [0, 0.1) is 0 Å². The van der Waals surface area contributed by atoms with Crippen LogP contribution in [0.2, 0.25) is 0 Å². The van der Waals surface area contributed by atoms with Gasteiger partial charge in [-0.2, -0.15) is 0 Å². The molecule has 0 bridgehead atoms. The van der Waals surface area contributed by atoms with Gasteiger partial charge in [0.05, 0.1) is 25.4 Å². The normalized spacial score (nSPS) is 20.5. The molecule has 9 unspecified atom stereocenters. The molecule has 0 aliphatic carbocycles. The molecule has 412 valence electrons. The third-order valence-corrected chi connectivity index (χ3v) is 14.1. The summed E-state index contributed by atoms with van der Waals surface area (Å²) in [5.74, 6) is -0.712. The third kappa shape index (κ3) is 36.3. The van der Waals surface area contributed by atoms with E-state index in [1.165, 1.54) is 173 Å². The van der Waals surface area contributed by atoms with Crippen molar-refractivity contribution in [3.05, 3.63) is 36.5 Å². The first-order valence-electron chi connectivity index (χ1n) is 29.4. The topological polar surface area (TPSA) is 189 Å². The number of allylic oxidation sites excluding steroid dienone is 6. The summed E-state index contributed by atoms with van der Waals surface area (Å²) in [4.78, 5) is 13.2. The van der Waals surface area contributed by atoms with Crippen LogP contribution in [0.4, 0.5) is 0 Å². The summed E-state index contributed by atoms with van der Waals surface area (Å²) in [5.41, 5.74) is 0. The van der Waals surface area contributed by atoms with Crippen LogP contribution in [0.3, 0.4) is 0 Å². The Morgan fingerprint density at radius 2 is 0.857 bits per heavy atom. The van der Waals surface area contributed by atoms with Crippen LogP contribution in [-0.4, -0.2) is 110 Å². The van der Waals surface area contributed by atoms with Gasteiger partial charge in [0, 0.05) is 0 Å². The third-order valence-electron chi connectivity index (χ3n) is 14.1. The van der Waals surface area contributed by atoms with Crippen LogP contribution in [0.1, 0.15) is 264 Å². The van der Waals surface area contributed by atoms with Gasteiger partial charge in [0.15, 0.2) is 6.29 Å². The van der Waals surface area contributed by atoms with E-state index in [1.54, 1.807) is 0 Å². The number of amides is 1. The summed E-state index contributed by atoms with van der Waals surface area (Å²) in [6.45, 7) is 3.46. The van der Waals surface area contributed by atoms with Gasteiger partial charge >= 0.3 is 0 Å². The molecule has 0 aromatic heterocycles. The molecule has 0 aromatic carbocycles. The number of nitrogens with one attached hydrogen (secondary N) is 1. The molecule has 8 N–H and O–H groups in total.